The van der Waals surface area contributed by atoms with Crippen molar-refractivity contribution in [2.45, 2.75) is 51.1 Å². The SMILES string of the molecule is CCCNC(=O)[C@H](CC)N(Cc1c(Cl)cccc1Cl)C(=O)CN(c1ccc(Oc2ccccc2)cc1)S(=O)(=O)c1ccc(C)cc1. The van der Waals surface area contributed by atoms with Crippen LogP contribution in [-0.4, -0.2) is 44.3 Å². The Hall–Kier alpha value is -4.05. The van der Waals surface area contributed by atoms with Gasteiger partial charge >= 0.3 is 0 Å². The van der Waals surface area contributed by atoms with Gasteiger partial charge in [0, 0.05) is 28.7 Å². The zero-order valence-corrected chi connectivity index (χ0v) is 28.3. The van der Waals surface area contributed by atoms with Gasteiger partial charge in [-0.3, -0.25) is 13.9 Å². The molecule has 0 bridgehead atoms. The summed E-state index contributed by atoms with van der Waals surface area (Å²) < 4.78 is 35.3. The van der Waals surface area contributed by atoms with E-state index >= 15 is 0 Å². The first kappa shape index (κ1) is 34.8. The highest BCUT2D eigenvalue weighted by molar-refractivity contribution is 7.92. The van der Waals surface area contributed by atoms with Gasteiger partial charge in [0.1, 0.15) is 24.1 Å². The molecule has 0 aromatic heterocycles. The number of rotatable bonds is 14. The number of nitrogens with zero attached hydrogens (tertiary/aromatic N) is 2. The van der Waals surface area contributed by atoms with Crippen molar-refractivity contribution in [3.63, 3.8) is 0 Å². The fraction of sp³-hybridized carbons (Fsp3) is 0.257. The van der Waals surface area contributed by atoms with Crippen molar-refractivity contribution in [1.82, 2.24) is 10.2 Å². The molecule has 0 heterocycles. The number of hydrogen-bond acceptors (Lipinski definition) is 5. The van der Waals surface area contributed by atoms with Crippen molar-refractivity contribution in [3.05, 3.63) is 118 Å². The number of carbonyl (C=O) groups excluding carboxylic acids is 2. The number of halogens is 2. The molecule has 0 aliphatic heterocycles. The Morgan fingerprint density at radius 2 is 1.43 bits per heavy atom. The third-order valence-corrected chi connectivity index (χ3v) is 9.81. The maximum Gasteiger partial charge on any atom is 0.264 e. The molecular weight excluding hydrogens is 645 g/mol. The van der Waals surface area contributed by atoms with Gasteiger partial charge in [0.25, 0.3) is 10.0 Å². The number of anilines is 1. The number of aryl methyl sites for hydroxylation is 1. The third kappa shape index (κ3) is 8.60. The molecule has 0 saturated carbocycles. The minimum Gasteiger partial charge on any atom is -0.457 e. The van der Waals surface area contributed by atoms with Gasteiger partial charge in [-0.1, -0.05) is 79.0 Å². The van der Waals surface area contributed by atoms with E-state index in [4.69, 9.17) is 27.9 Å². The lowest BCUT2D eigenvalue weighted by Crippen LogP contribution is -2.52. The van der Waals surface area contributed by atoms with Crippen LogP contribution in [0.15, 0.2) is 102 Å². The number of sulfonamides is 1. The lowest BCUT2D eigenvalue weighted by Gasteiger charge is -2.33. The van der Waals surface area contributed by atoms with E-state index in [1.807, 2.05) is 32.0 Å². The first-order valence-electron chi connectivity index (χ1n) is 15.0. The molecule has 0 spiro atoms. The second-order valence-corrected chi connectivity index (χ2v) is 13.3. The second-order valence-electron chi connectivity index (χ2n) is 10.7. The Morgan fingerprint density at radius 1 is 0.826 bits per heavy atom. The fourth-order valence-corrected chi connectivity index (χ4v) is 6.74. The van der Waals surface area contributed by atoms with E-state index in [1.165, 1.54) is 17.0 Å². The number of hydrogen-bond donors (Lipinski definition) is 1. The summed E-state index contributed by atoms with van der Waals surface area (Å²) in [5.74, 6) is 0.156. The highest BCUT2D eigenvalue weighted by Crippen LogP contribution is 2.30. The molecule has 2 amide bonds. The minimum absolute atomic E-state index is 0.0175. The molecule has 242 valence electrons. The standard InChI is InChI=1S/C35H37Cl2N3O5S/c1-4-22-38-35(42)33(5-2)39(23-30-31(36)12-9-13-32(30)37)34(41)24-40(46(43,44)29-20-14-25(3)15-21-29)26-16-18-28(19-17-26)45-27-10-7-6-8-11-27/h6-21,33H,4-5,22-24H2,1-3H3,(H,38,42)/t33-/m0/s1. The molecular formula is C35H37Cl2N3O5S. The van der Waals surface area contributed by atoms with Gasteiger partial charge < -0.3 is 15.0 Å². The van der Waals surface area contributed by atoms with Crippen LogP contribution in [0.2, 0.25) is 10.0 Å². The van der Waals surface area contributed by atoms with Gasteiger partial charge in [0.2, 0.25) is 11.8 Å². The third-order valence-electron chi connectivity index (χ3n) is 7.32. The Bertz CT molecular complexity index is 1710. The number of carbonyl (C=O) groups is 2. The summed E-state index contributed by atoms with van der Waals surface area (Å²) in [7, 11) is -4.23. The van der Waals surface area contributed by atoms with Crippen LogP contribution in [0.25, 0.3) is 0 Å². The molecule has 1 N–H and O–H groups in total. The summed E-state index contributed by atoms with van der Waals surface area (Å²) in [4.78, 5) is 29.0. The van der Waals surface area contributed by atoms with E-state index in [-0.39, 0.29) is 29.5 Å². The largest absolute Gasteiger partial charge is 0.457 e. The average Bonchev–Trinajstić information content (AvgIpc) is 3.04. The maximum atomic E-state index is 14.3. The molecule has 0 radical (unpaired) electrons. The van der Waals surface area contributed by atoms with Gasteiger partial charge in [0.15, 0.2) is 0 Å². The normalized spacial score (nSPS) is 11.8. The number of nitrogens with one attached hydrogen (secondary N) is 1. The summed E-state index contributed by atoms with van der Waals surface area (Å²) in [6.45, 7) is 5.31. The lowest BCUT2D eigenvalue weighted by atomic mass is 10.1. The van der Waals surface area contributed by atoms with Crippen LogP contribution in [-0.2, 0) is 26.2 Å². The summed E-state index contributed by atoms with van der Waals surface area (Å²) in [5, 5.41) is 3.51. The van der Waals surface area contributed by atoms with E-state index in [9.17, 15) is 18.0 Å². The monoisotopic (exact) mass is 681 g/mol. The molecule has 46 heavy (non-hydrogen) atoms. The molecule has 0 aliphatic rings. The van der Waals surface area contributed by atoms with Crippen molar-refractivity contribution in [2.24, 2.45) is 0 Å². The second kappa shape index (κ2) is 16.0. The lowest BCUT2D eigenvalue weighted by molar-refractivity contribution is -0.140. The topological polar surface area (TPSA) is 96.0 Å². The summed E-state index contributed by atoms with van der Waals surface area (Å²) in [6, 6.07) is 26.1. The van der Waals surface area contributed by atoms with Crippen LogP contribution >= 0.6 is 23.2 Å². The van der Waals surface area contributed by atoms with Gasteiger partial charge in [-0.25, -0.2) is 8.42 Å². The van der Waals surface area contributed by atoms with Crippen molar-refractivity contribution in [2.75, 3.05) is 17.4 Å². The quantitative estimate of drug-likeness (QED) is 0.148. The predicted molar refractivity (Wildman–Crippen MR) is 183 cm³/mol. The van der Waals surface area contributed by atoms with Crippen molar-refractivity contribution >= 4 is 50.7 Å². The Labute approximate surface area is 280 Å². The van der Waals surface area contributed by atoms with Crippen LogP contribution in [0.1, 0.15) is 37.8 Å². The van der Waals surface area contributed by atoms with Crippen LogP contribution in [0, 0.1) is 6.92 Å². The van der Waals surface area contributed by atoms with E-state index in [2.05, 4.69) is 5.32 Å². The first-order valence-corrected chi connectivity index (χ1v) is 17.2. The van der Waals surface area contributed by atoms with Gasteiger partial charge in [-0.2, -0.15) is 0 Å². The number of ether oxygens (including phenoxy) is 1. The minimum atomic E-state index is -4.23. The molecule has 0 saturated heterocycles. The number of para-hydroxylation sites is 1. The molecule has 4 rings (SSSR count). The highest BCUT2D eigenvalue weighted by atomic mass is 35.5. The summed E-state index contributed by atoms with van der Waals surface area (Å²) in [5.41, 5.74) is 1.58. The molecule has 4 aromatic carbocycles. The van der Waals surface area contributed by atoms with Crippen LogP contribution in [0.3, 0.4) is 0 Å². The molecule has 0 aliphatic carbocycles. The molecule has 0 fully saturated rings. The number of benzene rings is 4. The number of amides is 2. The van der Waals surface area contributed by atoms with E-state index in [0.717, 1.165) is 9.87 Å². The van der Waals surface area contributed by atoms with Gasteiger partial charge in [0.05, 0.1) is 10.6 Å². The van der Waals surface area contributed by atoms with Crippen molar-refractivity contribution in [1.29, 1.82) is 0 Å². The van der Waals surface area contributed by atoms with E-state index in [0.29, 0.717) is 40.1 Å². The van der Waals surface area contributed by atoms with Gasteiger partial charge in [-0.15, -0.1) is 0 Å². The summed E-state index contributed by atoms with van der Waals surface area (Å²) >= 11 is 13.0. The fourth-order valence-electron chi connectivity index (χ4n) is 4.81. The smallest absolute Gasteiger partial charge is 0.264 e. The van der Waals surface area contributed by atoms with Crippen LogP contribution in [0.5, 0.6) is 11.5 Å². The zero-order valence-electron chi connectivity index (χ0n) is 26.0. The summed E-state index contributed by atoms with van der Waals surface area (Å²) in [6.07, 6.45) is 0.985. The van der Waals surface area contributed by atoms with Crippen molar-refractivity contribution < 1.29 is 22.7 Å². The Kier molecular flexibility index (Phi) is 12.1. The molecule has 1 atom stereocenters. The molecule has 8 nitrogen and oxygen atoms in total. The van der Waals surface area contributed by atoms with E-state index < -0.39 is 28.5 Å². The highest BCUT2D eigenvalue weighted by Gasteiger charge is 2.34. The maximum absolute atomic E-state index is 14.3. The van der Waals surface area contributed by atoms with Gasteiger partial charge in [-0.05, 0) is 80.4 Å². The molecule has 0 unspecified atom stereocenters. The molecule has 4 aromatic rings. The first-order chi connectivity index (χ1) is 22.0. The van der Waals surface area contributed by atoms with Crippen LogP contribution in [0.4, 0.5) is 5.69 Å². The van der Waals surface area contributed by atoms with E-state index in [1.54, 1.807) is 73.7 Å². The van der Waals surface area contributed by atoms with Crippen molar-refractivity contribution in [3.8, 4) is 11.5 Å². The Balaban J connectivity index is 1.75. The predicted octanol–water partition coefficient (Wildman–Crippen LogP) is 7.62. The average molecular weight is 683 g/mol. The molecule has 11 heteroatoms. The zero-order chi connectivity index (χ0) is 33.3. The Morgan fingerprint density at radius 3 is 2.02 bits per heavy atom. The van der Waals surface area contributed by atoms with Crippen LogP contribution < -0.4 is 14.4 Å².